The zero-order valence-corrected chi connectivity index (χ0v) is 21.8. The molecule has 4 aromatic carbocycles. The number of benzene rings is 4. The van der Waals surface area contributed by atoms with E-state index >= 15 is 0 Å². The molecule has 4 aliphatic rings. The van der Waals surface area contributed by atoms with Crippen LogP contribution in [0.4, 0.5) is 11.6 Å². The van der Waals surface area contributed by atoms with Crippen LogP contribution in [0.25, 0.3) is 11.0 Å². The van der Waals surface area contributed by atoms with Crippen molar-refractivity contribution in [1.29, 1.82) is 0 Å². The second-order valence-corrected chi connectivity index (χ2v) is 10.9. The van der Waals surface area contributed by atoms with E-state index in [1.165, 1.54) is 4.90 Å². The van der Waals surface area contributed by atoms with E-state index < -0.39 is 17.3 Å². The first-order valence-corrected chi connectivity index (χ1v) is 13.5. The molecular formula is C32H22ClN5O2. The van der Waals surface area contributed by atoms with Crippen LogP contribution in [0.5, 0.6) is 0 Å². The first kappa shape index (κ1) is 23.2. The summed E-state index contributed by atoms with van der Waals surface area (Å²) in [5.41, 5.74) is 8.24. The molecule has 1 aromatic heterocycles. The first-order valence-electron chi connectivity index (χ1n) is 13.2. The number of nitrogens with zero attached hydrogens (tertiary/aromatic N) is 3. The molecule has 0 saturated carbocycles. The van der Waals surface area contributed by atoms with Crippen molar-refractivity contribution in [2.24, 2.45) is 16.9 Å². The molecule has 9 rings (SSSR count). The van der Waals surface area contributed by atoms with E-state index in [2.05, 4.69) is 44.8 Å². The Kier molecular flexibility index (Phi) is 4.85. The molecule has 0 radical (unpaired) electrons. The number of aromatic amines is 1. The fourth-order valence-electron chi connectivity index (χ4n) is 7.12. The number of hydrazone groups is 1. The molecule has 0 unspecified atom stereocenters. The number of aromatic nitrogens is 2. The van der Waals surface area contributed by atoms with Crippen molar-refractivity contribution in [2.45, 2.75) is 11.3 Å². The molecule has 2 amide bonds. The van der Waals surface area contributed by atoms with Gasteiger partial charge in [0, 0.05) is 12.1 Å². The van der Waals surface area contributed by atoms with Gasteiger partial charge < -0.3 is 4.98 Å². The molecule has 8 heteroatoms. The van der Waals surface area contributed by atoms with E-state index in [0.717, 1.165) is 33.3 Å². The Labute approximate surface area is 234 Å². The molecule has 1 saturated heterocycles. The number of anilines is 2. The smallest absolute Gasteiger partial charge is 0.239 e. The zero-order chi connectivity index (χ0) is 27.0. The predicted molar refractivity (Wildman–Crippen MR) is 155 cm³/mol. The number of para-hydroxylation sites is 3. The lowest BCUT2D eigenvalue weighted by molar-refractivity contribution is -0.122. The molecule has 2 heterocycles. The number of imide groups is 1. The topological polar surface area (TPSA) is 90.5 Å². The number of rotatable bonds is 4. The third-order valence-corrected chi connectivity index (χ3v) is 8.92. The Bertz CT molecular complexity index is 1810. The minimum atomic E-state index is -0.978. The van der Waals surface area contributed by atoms with Crippen LogP contribution in [0.15, 0.2) is 102 Å². The predicted octanol–water partition coefficient (Wildman–Crippen LogP) is 5.87. The maximum atomic E-state index is 14.4. The molecule has 1 aliphatic heterocycles. The molecule has 2 atom stereocenters. The number of imidazole rings is 1. The van der Waals surface area contributed by atoms with Crippen molar-refractivity contribution < 1.29 is 9.59 Å². The van der Waals surface area contributed by atoms with Crippen molar-refractivity contribution in [1.82, 2.24) is 9.97 Å². The lowest BCUT2D eigenvalue weighted by Gasteiger charge is -2.52. The maximum absolute atomic E-state index is 14.4. The van der Waals surface area contributed by atoms with E-state index in [4.69, 9.17) is 11.6 Å². The highest BCUT2D eigenvalue weighted by Gasteiger charge is 2.68. The quantitative estimate of drug-likeness (QED) is 0.169. The van der Waals surface area contributed by atoms with Gasteiger partial charge in [-0.3, -0.25) is 9.59 Å². The fourth-order valence-corrected chi connectivity index (χ4v) is 7.34. The Morgan fingerprint density at radius 2 is 1.50 bits per heavy atom. The summed E-state index contributed by atoms with van der Waals surface area (Å²) in [7, 11) is 0. The van der Waals surface area contributed by atoms with Gasteiger partial charge in [0.15, 0.2) is 0 Å². The van der Waals surface area contributed by atoms with Gasteiger partial charge in [0.25, 0.3) is 0 Å². The van der Waals surface area contributed by atoms with Crippen LogP contribution in [-0.2, 0) is 15.0 Å². The van der Waals surface area contributed by atoms with Crippen LogP contribution < -0.4 is 10.3 Å². The van der Waals surface area contributed by atoms with Crippen molar-refractivity contribution in [2.75, 3.05) is 10.3 Å². The van der Waals surface area contributed by atoms with Crippen molar-refractivity contribution in [3.8, 4) is 0 Å². The van der Waals surface area contributed by atoms with Gasteiger partial charge in [0.2, 0.25) is 17.8 Å². The van der Waals surface area contributed by atoms with Gasteiger partial charge in [-0.15, -0.1) is 0 Å². The summed E-state index contributed by atoms with van der Waals surface area (Å²) in [5, 5.41) is 5.04. The minimum Gasteiger partial charge on any atom is -0.323 e. The highest BCUT2D eigenvalue weighted by molar-refractivity contribution is 6.36. The Morgan fingerprint density at radius 1 is 0.850 bits per heavy atom. The summed E-state index contributed by atoms with van der Waals surface area (Å²) in [4.78, 5) is 37.7. The number of halogens is 1. The van der Waals surface area contributed by atoms with Crippen molar-refractivity contribution >= 4 is 52.3 Å². The summed E-state index contributed by atoms with van der Waals surface area (Å²) in [5.74, 6) is -1.55. The van der Waals surface area contributed by atoms with Gasteiger partial charge in [0.1, 0.15) is 0 Å². The van der Waals surface area contributed by atoms with Gasteiger partial charge in [-0.1, -0.05) is 84.4 Å². The van der Waals surface area contributed by atoms with Gasteiger partial charge in [-0.25, -0.2) is 15.3 Å². The number of carbonyl (C=O) groups excluding carboxylic acids is 2. The largest absolute Gasteiger partial charge is 0.323 e. The average molecular weight is 544 g/mol. The molecular weight excluding hydrogens is 522 g/mol. The van der Waals surface area contributed by atoms with E-state index in [9.17, 15) is 9.59 Å². The van der Waals surface area contributed by atoms with E-state index in [0.29, 0.717) is 16.7 Å². The number of carbonyl (C=O) groups is 2. The molecule has 2 bridgehead atoms. The van der Waals surface area contributed by atoms with Gasteiger partial charge in [-0.2, -0.15) is 5.10 Å². The summed E-state index contributed by atoms with van der Waals surface area (Å²) in [6.07, 6.45) is 1.80. The molecule has 3 aliphatic carbocycles. The summed E-state index contributed by atoms with van der Waals surface area (Å²) in [6.45, 7) is 0. The van der Waals surface area contributed by atoms with E-state index in [1.54, 1.807) is 30.5 Å². The molecule has 194 valence electrons. The monoisotopic (exact) mass is 543 g/mol. The SMILES string of the molecule is O=C1[C@@H]2C3c4ccccc4C(/C=N\Nc4nc5ccccc5[nH]4)(c4ccccc43)[C@@H]2C(=O)N1c1ccccc1Cl. The zero-order valence-electron chi connectivity index (χ0n) is 21.1. The van der Waals surface area contributed by atoms with Crippen LogP contribution in [0.1, 0.15) is 28.2 Å². The number of H-pyrrole nitrogens is 1. The number of fused-ring (bicyclic) bond motifs is 1. The standard InChI is InChI=1S/C32H22ClN5O2/c33-22-13-5-8-16-25(22)38-29(39)27-26-18-9-1-3-11-20(18)32(28(27)30(38)40,21-12-4-2-10-19(21)26)17-34-37-31-35-23-14-6-7-15-24(23)36-31/h1-17,26-28H,(H2,35,36,37)/b34-17-/t26?,27-,28+,32?/m1/s1. The van der Waals surface area contributed by atoms with Gasteiger partial charge in [0.05, 0.1) is 39.0 Å². The lowest BCUT2D eigenvalue weighted by atomic mass is 9.47. The first-order chi connectivity index (χ1) is 19.6. The summed E-state index contributed by atoms with van der Waals surface area (Å²) in [6, 6.07) is 30.9. The highest BCUT2D eigenvalue weighted by atomic mass is 35.5. The summed E-state index contributed by atoms with van der Waals surface area (Å²) < 4.78 is 0. The fraction of sp³-hybridized carbons (Fsp3) is 0.125. The minimum absolute atomic E-state index is 0.236. The van der Waals surface area contributed by atoms with Crippen molar-refractivity contribution in [3.63, 3.8) is 0 Å². The van der Waals surface area contributed by atoms with Crippen molar-refractivity contribution in [3.05, 3.63) is 124 Å². The van der Waals surface area contributed by atoms with E-state index in [-0.39, 0.29) is 17.7 Å². The Morgan fingerprint density at radius 3 is 2.23 bits per heavy atom. The average Bonchev–Trinajstić information content (AvgIpc) is 3.52. The molecule has 1 fully saturated rings. The highest BCUT2D eigenvalue weighted by Crippen LogP contribution is 2.63. The molecule has 5 aromatic rings. The number of nitrogens with one attached hydrogen (secondary N) is 2. The maximum Gasteiger partial charge on any atom is 0.239 e. The number of hydrogen-bond donors (Lipinski definition) is 2. The lowest BCUT2D eigenvalue weighted by Crippen LogP contribution is -2.54. The Balaban J connectivity index is 1.33. The third kappa shape index (κ3) is 2.95. The third-order valence-electron chi connectivity index (χ3n) is 8.61. The van der Waals surface area contributed by atoms with Gasteiger partial charge >= 0.3 is 0 Å². The molecule has 0 spiro atoms. The van der Waals surface area contributed by atoms with Crippen LogP contribution in [0.3, 0.4) is 0 Å². The number of hydrogen-bond acceptors (Lipinski definition) is 5. The summed E-state index contributed by atoms with van der Waals surface area (Å²) >= 11 is 6.53. The molecule has 40 heavy (non-hydrogen) atoms. The molecule has 2 N–H and O–H groups in total. The normalized spacial score (nSPS) is 24.4. The van der Waals surface area contributed by atoms with E-state index in [1.807, 2.05) is 48.5 Å². The second kappa shape index (κ2) is 8.37. The van der Waals surface area contributed by atoms with Crippen LogP contribution in [-0.4, -0.2) is 28.0 Å². The van der Waals surface area contributed by atoms with Gasteiger partial charge in [-0.05, 0) is 46.5 Å². The van der Waals surface area contributed by atoms with Crippen LogP contribution >= 0.6 is 11.6 Å². The van der Waals surface area contributed by atoms with Crippen LogP contribution in [0.2, 0.25) is 5.02 Å². The number of amides is 2. The molecule has 7 nitrogen and oxygen atoms in total. The Hall–Kier alpha value is -4.75. The second-order valence-electron chi connectivity index (χ2n) is 10.5. The van der Waals surface area contributed by atoms with Crippen LogP contribution in [0, 0.1) is 11.8 Å².